The largest absolute Gasteiger partial charge is 0.310 e. The van der Waals surface area contributed by atoms with Crippen molar-refractivity contribution in [2.45, 2.75) is 12.3 Å². The van der Waals surface area contributed by atoms with Gasteiger partial charge < -0.3 is 9.47 Å². The number of rotatable bonds is 8. The van der Waals surface area contributed by atoms with E-state index >= 15 is 0 Å². The van der Waals surface area contributed by atoms with Crippen LogP contribution in [0.3, 0.4) is 0 Å². The van der Waals surface area contributed by atoms with E-state index in [4.69, 9.17) is 0 Å². The molecule has 14 rings (SSSR count). The van der Waals surface area contributed by atoms with Crippen molar-refractivity contribution in [2.24, 2.45) is 0 Å². The Labute approximate surface area is 417 Å². The molecule has 0 fully saturated rings. The first kappa shape index (κ1) is 41.2. The van der Waals surface area contributed by atoms with Gasteiger partial charge in [-0.25, -0.2) is 0 Å². The molecule has 12 aromatic rings. The zero-order chi connectivity index (χ0) is 47.2. The van der Waals surface area contributed by atoms with Crippen molar-refractivity contribution in [3.05, 3.63) is 283 Å². The minimum atomic E-state index is -0.547. The van der Waals surface area contributed by atoms with Crippen LogP contribution in [0, 0.1) is 0 Å². The molecule has 0 N–H and O–H groups in total. The van der Waals surface area contributed by atoms with E-state index in [1.807, 2.05) is 11.3 Å². The first-order valence-electron chi connectivity index (χ1n) is 24.5. The number of para-hydroxylation sites is 3. The molecule has 2 heterocycles. The second-order valence-electron chi connectivity index (χ2n) is 18.7. The smallest absolute Gasteiger partial charge is 0.0726 e. The van der Waals surface area contributed by atoms with Crippen LogP contribution in [0.25, 0.3) is 86.6 Å². The SMILES string of the molecule is C=CC1=C(/C=C\C)c2ccc(N(c3ccc(-c4ccc5c(c4)c4ccccc4n5-c4ccccc4)cc3)c3ccccc3-c3cccc4c3sc3ccccc34)cc2C12c1ccccc1-c1ccccc12. The highest BCUT2D eigenvalue weighted by Crippen LogP contribution is 2.63. The average molecular weight is 923 g/mol. The highest BCUT2D eigenvalue weighted by atomic mass is 32.1. The summed E-state index contributed by atoms with van der Waals surface area (Å²) in [7, 11) is 0. The van der Waals surface area contributed by atoms with Gasteiger partial charge in [0.15, 0.2) is 0 Å². The van der Waals surface area contributed by atoms with Crippen LogP contribution in [0.4, 0.5) is 17.1 Å². The zero-order valence-corrected chi connectivity index (χ0v) is 40.0. The Morgan fingerprint density at radius 2 is 1.08 bits per heavy atom. The lowest BCUT2D eigenvalue weighted by atomic mass is 9.69. The zero-order valence-electron chi connectivity index (χ0n) is 39.2. The Bertz CT molecular complexity index is 4150. The van der Waals surface area contributed by atoms with Crippen molar-refractivity contribution in [1.29, 1.82) is 0 Å². The molecule has 1 spiro atoms. The molecule has 2 aliphatic rings. The topological polar surface area (TPSA) is 8.17 Å². The van der Waals surface area contributed by atoms with E-state index in [1.54, 1.807) is 0 Å². The van der Waals surface area contributed by atoms with Gasteiger partial charge in [0.25, 0.3) is 0 Å². The molecule has 2 aliphatic carbocycles. The Balaban J connectivity index is 0.981. The van der Waals surface area contributed by atoms with Crippen molar-refractivity contribution in [2.75, 3.05) is 4.90 Å². The van der Waals surface area contributed by atoms with Crippen LogP contribution in [0.15, 0.2) is 261 Å². The van der Waals surface area contributed by atoms with E-state index < -0.39 is 5.41 Å². The number of thiophene rings is 1. The summed E-state index contributed by atoms with van der Waals surface area (Å²) < 4.78 is 4.97. The molecule has 0 bridgehead atoms. The van der Waals surface area contributed by atoms with Gasteiger partial charge in [0.1, 0.15) is 0 Å². The molecule has 71 heavy (non-hydrogen) atoms. The van der Waals surface area contributed by atoms with E-state index in [2.05, 4.69) is 272 Å². The Morgan fingerprint density at radius 3 is 1.86 bits per heavy atom. The molecule has 0 aliphatic heterocycles. The molecular weight excluding hydrogens is 877 g/mol. The molecule has 0 atom stereocenters. The second-order valence-corrected chi connectivity index (χ2v) is 19.8. The number of benzene rings is 10. The third-order valence-corrected chi connectivity index (χ3v) is 16.3. The van der Waals surface area contributed by atoms with Gasteiger partial charge in [0.2, 0.25) is 0 Å². The van der Waals surface area contributed by atoms with Crippen LogP contribution >= 0.6 is 11.3 Å². The van der Waals surface area contributed by atoms with Gasteiger partial charge in [-0.05, 0) is 129 Å². The predicted molar refractivity (Wildman–Crippen MR) is 303 cm³/mol. The highest BCUT2D eigenvalue weighted by Gasteiger charge is 2.52. The number of allylic oxidation sites excluding steroid dienone is 5. The van der Waals surface area contributed by atoms with Gasteiger partial charge in [-0.3, -0.25) is 0 Å². The summed E-state index contributed by atoms with van der Waals surface area (Å²) in [6.45, 7) is 6.65. The molecular formula is C68H46N2S. The summed E-state index contributed by atoms with van der Waals surface area (Å²) in [5.41, 5.74) is 21.1. The summed E-state index contributed by atoms with van der Waals surface area (Å²) in [5.74, 6) is 0. The monoisotopic (exact) mass is 922 g/mol. The number of anilines is 3. The summed E-state index contributed by atoms with van der Waals surface area (Å²) >= 11 is 1.88. The van der Waals surface area contributed by atoms with Crippen molar-refractivity contribution in [3.63, 3.8) is 0 Å². The maximum absolute atomic E-state index is 4.54. The van der Waals surface area contributed by atoms with Crippen LogP contribution in [0.1, 0.15) is 29.2 Å². The molecule has 0 saturated carbocycles. The van der Waals surface area contributed by atoms with Crippen molar-refractivity contribution < 1.29 is 0 Å². The molecule has 0 amide bonds. The van der Waals surface area contributed by atoms with Gasteiger partial charge >= 0.3 is 0 Å². The van der Waals surface area contributed by atoms with Crippen LogP contribution in [-0.2, 0) is 5.41 Å². The summed E-state index contributed by atoms with van der Waals surface area (Å²) in [6.07, 6.45) is 6.56. The van der Waals surface area contributed by atoms with Crippen molar-refractivity contribution >= 4 is 76.0 Å². The van der Waals surface area contributed by atoms with Gasteiger partial charge in [-0.2, -0.15) is 0 Å². The molecule has 10 aromatic carbocycles. The highest BCUT2D eigenvalue weighted by molar-refractivity contribution is 7.26. The molecule has 3 heteroatoms. The lowest BCUT2D eigenvalue weighted by Gasteiger charge is -2.33. The second kappa shape index (κ2) is 16.2. The van der Waals surface area contributed by atoms with Gasteiger partial charge in [-0.15, -0.1) is 11.3 Å². The van der Waals surface area contributed by atoms with Gasteiger partial charge in [0.05, 0.1) is 22.1 Å². The van der Waals surface area contributed by atoms with Crippen molar-refractivity contribution in [1.82, 2.24) is 4.57 Å². The Hall–Kier alpha value is -8.76. The first-order chi connectivity index (χ1) is 35.1. The van der Waals surface area contributed by atoms with E-state index in [-0.39, 0.29) is 0 Å². The lowest BCUT2D eigenvalue weighted by Crippen LogP contribution is -2.27. The third kappa shape index (κ3) is 6.00. The minimum absolute atomic E-state index is 0.547. The Morgan fingerprint density at radius 1 is 0.465 bits per heavy atom. The number of nitrogens with zero attached hydrogens (tertiary/aromatic N) is 2. The normalized spacial score (nSPS) is 13.5. The fraction of sp³-hybridized carbons (Fsp3) is 0.0294. The van der Waals surface area contributed by atoms with Crippen LogP contribution < -0.4 is 4.90 Å². The maximum atomic E-state index is 4.54. The van der Waals surface area contributed by atoms with Crippen LogP contribution in [-0.4, -0.2) is 4.57 Å². The maximum Gasteiger partial charge on any atom is 0.0726 e. The molecule has 334 valence electrons. The van der Waals surface area contributed by atoms with Gasteiger partial charge in [0, 0.05) is 59.1 Å². The Kier molecular flexibility index (Phi) is 9.39. The minimum Gasteiger partial charge on any atom is -0.310 e. The average Bonchev–Trinajstić information content (AvgIpc) is 4.15. The number of hydrogen-bond donors (Lipinski definition) is 0. The van der Waals surface area contributed by atoms with Crippen LogP contribution in [0.2, 0.25) is 0 Å². The summed E-state index contributed by atoms with van der Waals surface area (Å²) in [4.78, 5) is 2.49. The molecule has 2 aromatic heterocycles. The van der Waals surface area contributed by atoms with Crippen LogP contribution in [0.5, 0.6) is 0 Å². The fourth-order valence-corrected chi connectivity index (χ4v) is 13.5. The van der Waals surface area contributed by atoms with Crippen molar-refractivity contribution in [3.8, 4) is 39.1 Å². The number of fused-ring (bicyclic) bond motifs is 13. The van der Waals surface area contributed by atoms with Gasteiger partial charge in [-0.1, -0.05) is 189 Å². The predicted octanol–water partition coefficient (Wildman–Crippen LogP) is 18.8. The quantitative estimate of drug-likeness (QED) is 0.147. The number of aromatic nitrogens is 1. The number of hydrogen-bond acceptors (Lipinski definition) is 2. The first-order valence-corrected chi connectivity index (χ1v) is 25.3. The molecule has 0 saturated heterocycles. The van der Waals surface area contributed by atoms with E-state index in [0.29, 0.717) is 0 Å². The van der Waals surface area contributed by atoms with E-state index in [1.165, 1.54) is 109 Å². The summed E-state index contributed by atoms with van der Waals surface area (Å²) in [5, 5.41) is 5.07. The molecule has 0 unspecified atom stereocenters. The molecule has 0 radical (unpaired) electrons. The fourth-order valence-electron chi connectivity index (χ4n) is 12.2. The standard InChI is InChI=1S/C68H46N2S/c1-3-19-49-52-40-39-48(43-62(52)68(59(49)4-2)60-29-13-8-22-50(60)51-23-9-14-30-61(51)68)69(63-31-15-10-24-53(63)56-27-18-28-57-55-26-12-17-33-66(55)71-67(56)57)47-37-34-44(35-38-47)45-36-41-65-58(42-45)54-25-11-16-32-64(54)70(65)46-20-6-5-7-21-46/h3-43H,2H2,1H3/b19-3-. The lowest BCUT2D eigenvalue weighted by molar-refractivity contribution is 0.786. The van der Waals surface area contributed by atoms with E-state index in [0.717, 1.165) is 22.7 Å². The molecule has 2 nitrogen and oxygen atoms in total. The third-order valence-electron chi connectivity index (χ3n) is 15.1. The van der Waals surface area contributed by atoms with E-state index in [9.17, 15) is 0 Å². The summed E-state index contributed by atoms with van der Waals surface area (Å²) in [6, 6.07) is 85.3.